The first-order valence-corrected chi connectivity index (χ1v) is 8.12. The van der Waals surface area contributed by atoms with Crippen LogP contribution in [0, 0.1) is 6.92 Å². The molecule has 0 saturated heterocycles. The van der Waals surface area contributed by atoms with Crippen LogP contribution in [-0.2, 0) is 17.8 Å². The Morgan fingerprint density at radius 2 is 2.09 bits per heavy atom. The summed E-state index contributed by atoms with van der Waals surface area (Å²) in [5.41, 5.74) is -0.944. The van der Waals surface area contributed by atoms with Gasteiger partial charge in [0.05, 0.1) is 10.3 Å². The zero-order chi connectivity index (χ0) is 16.9. The average molecular weight is 335 g/mol. The molecule has 0 aromatic carbocycles. The summed E-state index contributed by atoms with van der Waals surface area (Å²) in [6.45, 7) is 5.18. The molecule has 0 spiro atoms. The van der Waals surface area contributed by atoms with E-state index >= 15 is 0 Å². The van der Waals surface area contributed by atoms with Gasteiger partial charge in [0, 0.05) is 13.0 Å². The maximum atomic E-state index is 12.6. The van der Waals surface area contributed by atoms with Gasteiger partial charge in [-0.05, 0) is 32.8 Å². The SMILES string of the molecule is Cc1c(C(=O)NC(C)(C)C(=O)O)sc2nc3n(c(=O)c12)CCC3. The molecule has 0 bridgehead atoms. The number of carboxylic acids is 1. The highest BCUT2D eigenvalue weighted by Gasteiger charge is 2.31. The number of nitrogens with zero attached hydrogens (tertiary/aromatic N) is 2. The second kappa shape index (κ2) is 5.16. The number of rotatable bonds is 3. The van der Waals surface area contributed by atoms with Crippen molar-refractivity contribution in [1.82, 2.24) is 14.9 Å². The molecule has 0 radical (unpaired) electrons. The van der Waals surface area contributed by atoms with Crippen molar-refractivity contribution in [3.63, 3.8) is 0 Å². The minimum atomic E-state index is -1.38. The van der Waals surface area contributed by atoms with E-state index in [-0.39, 0.29) is 5.56 Å². The Hall–Kier alpha value is -2.22. The predicted molar refractivity (Wildman–Crippen MR) is 86.1 cm³/mol. The lowest BCUT2D eigenvalue weighted by molar-refractivity contribution is -0.143. The van der Waals surface area contributed by atoms with Crippen molar-refractivity contribution in [2.24, 2.45) is 0 Å². The highest BCUT2D eigenvalue weighted by Crippen LogP contribution is 2.28. The first-order valence-electron chi connectivity index (χ1n) is 7.31. The van der Waals surface area contributed by atoms with Crippen molar-refractivity contribution < 1.29 is 14.7 Å². The lowest BCUT2D eigenvalue weighted by Crippen LogP contribution is -2.49. The molecule has 3 rings (SSSR count). The normalized spacial score (nSPS) is 14.0. The summed E-state index contributed by atoms with van der Waals surface area (Å²) in [5.74, 6) is -0.870. The number of carbonyl (C=O) groups is 2. The molecular formula is C15H17N3O4S. The molecule has 1 amide bonds. The number of carboxylic acid groups (broad SMARTS) is 1. The molecule has 23 heavy (non-hydrogen) atoms. The van der Waals surface area contributed by atoms with Crippen LogP contribution in [0.4, 0.5) is 0 Å². The van der Waals surface area contributed by atoms with Crippen LogP contribution >= 0.6 is 11.3 Å². The maximum absolute atomic E-state index is 12.6. The molecule has 3 heterocycles. The summed E-state index contributed by atoms with van der Waals surface area (Å²) in [6, 6.07) is 0. The standard InChI is InChI=1S/C15H17N3O4S/c1-7-9-12(16-8-5-4-6-18(8)13(9)20)23-10(7)11(19)17-15(2,3)14(21)22/h4-6H2,1-3H3,(H,17,19)(H,21,22). The zero-order valence-electron chi connectivity index (χ0n) is 13.1. The molecule has 0 aliphatic carbocycles. The van der Waals surface area contributed by atoms with Gasteiger partial charge in [0.15, 0.2) is 0 Å². The third kappa shape index (κ3) is 2.42. The second-order valence-electron chi connectivity index (χ2n) is 6.21. The fraction of sp³-hybridized carbons (Fsp3) is 0.467. The molecule has 0 unspecified atom stereocenters. The largest absolute Gasteiger partial charge is 0.480 e. The number of thiophene rings is 1. The lowest BCUT2D eigenvalue weighted by Gasteiger charge is -2.20. The molecule has 1 aliphatic rings. The number of carbonyl (C=O) groups excluding carboxylic acids is 1. The van der Waals surface area contributed by atoms with Gasteiger partial charge in [-0.2, -0.15) is 0 Å². The van der Waals surface area contributed by atoms with Crippen LogP contribution in [0.3, 0.4) is 0 Å². The summed E-state index contributed by atoms with van der Waals surface area (Å²) in [6.07, 6.45) is 1.66. The molecule has 7 nitrogen and oxygen atoms in total. The van der Waals surface area contributed by atoms with Crippen LogP contribution in [0.5, 0.6) is 0 Å². The van der Waals surface area contributed by atoms with Crippen LogP contribution in [0.25, 0.3) is 10.2 Å². The second-order valence-corrected chi connectivity index (χ2v) is 7.21. The van der Waals surface area contributed by atoms with Gasteiger partial charge in [0.1, 0.15) is 16.2 Å². The monoisotopic (exact) mass is 335 g/mol. The van der Waals surface area contributed by atoms with E-state index in [1.165, 1.54) is 13.8 Å². The Morgan fingerprint density at radius 1 is 1.39 bits per heavy atom. The average Bonchev–Trinajstić information content (AvgIpc) is 3.03. The Labute approximate surface area is 136 Å². The molecule has 8 heteroatoms. The Kier molecular flexibility index (Phi) is 3.51. The minimum absolute atomic E-state index is 0.118. The predicted octanol–water partition coefficient (Wildman–Crippen LogP) is 1.31. The fourth-order valence-corrected chi connectivity index (χ4v) is 3.77. The van der Waals surface area contributed by atoms with Crippen molar-refractivity contribution in [1.29, 1.82) is 0 Å². The molecule has 122 valence electrons. The van der Waals surface area contributed by atoms with Crippen LogP contribution in [-0.4, -0.2) is 32.1 Å². The summed E-state index contributed by atoms with van der Waals surface area (Å²) in [5, 5.41) is 12.1. The van der Waals surface area contributed by atoms with Crippen molar-refractivity contribution in [3.05, 3.63) is 26.6 Å². The van der Waals surface area contributed by atoms with Crippen molar-refractivity contribution in [2.75, 3.05) is 0 Å². The lowest BCUT2D eigenvalue weighted by atomic mass is 10.1. The van der Waals surface area contributed by atoms with Crippen molar-refractivity contribution in [3.8, 4) is 0 Å². The van der Waals surface area contributed by atoms with Gasteiger partial charge >= 0.3 is 5.97 Å². The van der Waals surface area contributed by atoms with E-state index in [0.717, 1.165) is 30.0 Å². The molecule has 0 fully saturated rings. The topological polar surface area (TPSA) is 101 Å². The Bertz CT molecular complexity index is 894. The van der Waals surface area contributed by atoms with Crippen LogP contribution in [0.2, 0.25) is 0 Å². The number of amides is 1. The molecule has 2 aromatic heterocycles. The third-order valence-corrected chi connectivity index (χ3v) is 5.26. The van der Waals surface area contributed by atoms with E-state index in [1.54, 1.807) is 11.5 Å². The smallest absolute Gasteiger partial charge is 0.328 e. The Balaban J connectivity index is 2.08. The highest BCUT2D eigenvalue weighted by molar-refractivity contribution is 7.20. The minimum Gasteiger partial charge on any atom is -0.480 e. The van der Waals surface area contributed by atoms with Crippen molar-refractivity contribution in [2.45, 2.75) is 45.7 Å². The van der Waals surface area contributed by atoms with E-state index in [4.69, 9.17) is 5.11 Å². The van der Waals surface area contributed by atoms with Gasteiger partial charge in [0.2, 0.25) is 0 Å². The molecular weight excluding hydrogens is 318 g/mol. The van der Waals surface area contributed by atoms with Crippen LogP contribution < -0.4 is 10.9 Å². The highest BCUT2D eigenvalue weighted by atomic mass is 32.1. The van der Waals surface area contributed by atoms with E-state index < -0.39 is 17.4 Å². The number of hydrogen-bond donors (Lipinski definition) is 2. The van der Waals surface area contributed by atoms with Crippen LogP contribution in [0.15, 0.2) is 4.79 Å². The van der Waals surface area contributed by atoms with Gasteiger partial charge in [0.25, 0.3) is 11.5 Å². The molecule has 0 saturated carbocycles. The van der Waals surface area contributed by atoms with Gasteiger partial charge in [-0.25, -0.2) is 9.78 Å². The first kappa shape index (κ1) is 15.7. The zero-order valence-corrected chi connectivity index (χ0v) is 13.9. The van der Waals surface area contributed by atoms with Gasteiger partial charge < -0.3 is 10.4 Å². The van der Waals surface area contributed by atoms with Crippen molar-refractivity contribution >= 4 is 33.4 Å². The summed E-state index contributed by atoms with van der Waals surface area (Å²) in [7, 11) is 0. The number of aliphatic carboxylic acids is 1. The van der Waals surface area contributed by atoms with E-state index in [0.29, 0.717) is 27.2 Å². The summed E-state index contributed by atoms with van der Waals surface area (Å²) < 4.78 is 1.66. The maximum Gasteiger partial charge on any atom is 0.328 e. The fourth-order valence-electron chi connectivity index (χ4n) is 2.69. The molecule has 1 aliphatic heterocycles. The summed E-state index contributed by atoms with van der Waals surface area (Å²) in [4.78, 5) is 41.5. The van der Waals surface area contributed by atoms with Gasteiger partial charge in [-0.15, -0.1) is 11.3 Å². The number of nitrogens with one attached hydrogen (secondary N) is 1. The van der Waals surface area contributed by atoms with Gasteiger partial charge in [-0.3, -0.25) is 14.2 Å². The van der Waals surface area contributed by atoms with E-state index in [2.05, 4.69) is 10.3 Å². The first-order chi connectivity index (χ1) is 10.7. The third-order valence-electron chi connectivity index (χ3n) is 4.08. The number of hydrogen-bond acceptors (Lipinski definition) is 5. The van der Waals surface area contributed by atoms with Gasteiger partial charge in [-0.1, -0.05) is 0 Å². The quantitative estimate of drug-likeness (QED) is 0.880. The number of aryl methyl sites for hydroxylation is 2. The molecule has 0 atom stereocenters. The molecule has 2 N–H and O–H groups in total. The van der Waals surface area contributed by atoms with E-state index in [9.17, 15) is 14.4 Å². The number of aromatic nitrogens is 2. The van der Waals surface area contributed by atoms with Crippen LogP contribution in [0.1, 0.15) is 41.3 Å². The summed E-state index contributed by atoms with van der Waals surface area (Å²) >= 11 is 1.14. The van der Waals surface area contributed by atoms with E-state index in [1.807, 2.05) is 0 Å². The Morgan fingerprint density at radius 3 is 2.74 bits per heavy atom. The number of fused-ring (bicyclic) bond motifs is 2. The molecule has 2 aromatic rings.